The maximum atomic E-state index is 12.9. The Kier molecular flexibility index (Phi) is 5.87. The number of alkyl halides is 3. The first-order valence-corrected chi connectivity index (χ1v) is 8.82. The van der Waals surface area contributed by atoms with Gasteiger partial charge in [-0.1, -0.05) is 54.6 Å². The smallest absolute Gasteiger partial charge is 0.416 e. The third kappa shape index (κ3) is 4.74. The van der Waals surface area contributed by atoms with Crippen LogP contribution in [0.2, 0.25) is 0 Å². The molecule has 0 fully saturated rings. The molecule has 0 spiro atoms. The van der Waals surface area contributed by atoms with Crippen molar-refractivity contribution in [3.63, 3.8) is 0 Å². The monoisotopic (exact) mass is 401 g/mol. The predicted molar refractivity (Wildman–Crippen MR) is 102 cm³/mol. The first-order valence-electron chi connectivity index (χ1n) is 8.82. The van der Waals surface area contributed by atoms with E-state index in [1.807, 2.05) is 18.2 Å². The van der Waals surface area contributed by atoms with E-state index in [-0.39, 0.29) is 12.0 Å². The molecule has 7 heteroatoms. The lowest BCUT2D eigenvalue weighted by atomic mass is 10.0. The zero-order valence-electron chi connectivity index (χ0n) is 15.5. The fourth-order valence-corrected chi connectivity index (χ4v) is 3.11. The largest absolute Gasteiger partial charge is 0.467 e. The number of carbonyl (C=O) groups is 2. The van der Waals surface area contributed by atoms with E-state index >= 15 is 0 Å². The molecule has 3 aromatic rings. The molecule has 0 aromatic heterocycles. The van der Waals surface area contributed by atoms with Crippen molar-refractivity contribution in [2.45, 2.75) is 18.6 Å². The molecule has 0 aliphatic carbocycles. The highest BCUT2D eigenvalue weighted by Gasteiger charge is 2.31. The Balaban J connectivity index is 1.86. The molecule has 0 aliphatic heterocycles. The van der Waals surface area contributed by atoms with Gasteiger partial charge in [0, 0.05) is 12.0 Å². The van der Waals surface area contributed by atoms with E-state index in [0.29, 0.717) is 10.9 Å². The Labute approximate surface area is 165 Å². The topological polar surface area (TPSA) is 55.4 Å². The highest BCUT2D eigenvalue weighted by Crippen LogP contribution is 2.29. The molecule has 1 atom stereocenters. The highest BCUT2D eigenvalue weighted by molar-refractivity contribution is 6.08. The minimum absolute atomic E-state index is 0.132. The molecular weight excluding hydrogens is 383 g/mol. The summed E-state index contributed by atoms with van der Waals surface area (Å²) in [5, 5.41) is 4.15. The zero-order chi connectivity index (χ0) is 21.0. The number of fused-ring (bicyclic) bond motifs is 1. The van der Waals surface area contributed by atoms with Crippen LogP contribution in [0.3, 0.4) is 0 Å². The first-order chi connectivity index (χ1) is 13.8. The van der Waals surface area contributed by atoms with Crippen molar-refractivity contribution in [1.82, 2.24) is 5.32 Å². The van der Waals surface area contributed by atoms with E-state index in [9.17, 15) is 22.8 Å². The summed E-state index contributed by atoms with van der Waals surface area (Å²) >= 11 is 0. The normalized spacial score (nSPS) is 12.4. The van der Waals surface area contributed by atoms with Gasteiger partial charge in [-0.25, -0.2) is 4.79 Å². The lowest BCUT2D eigenvalue weighted by Gasteiger charge is -2.18. The standard InChI is InChI=1S/C22H18F3NO3/c1-29-21(28)19(13-14-6-4-9-16(12-14)22(23,24)25)26-20(27)18-11-5-8-15-7-2-3-10-17(15)18/h2-12,19H,13H2,1H3,(H,26,27)/t19-/m1/s1. The number of ether oxygens (including phenoxy) is 1. The van der Waals surface area contributed by atoms with Crippen LogP contribution in [0.15, 0.2) is 66.7 Å². The van der Waals surface area contributed by atoms with Crippen molar-refractivity contribution in [3.05, 3.63) is 83.4 Å². The number of hydrogen-bond acceptors (Lipinski definition) is 3. The van der Waals surface area contributed by atoms with E-state index in [2.05, 4.69) is 5.32 Å². The molecule has 1 amide bonds. The van der Waals surface area contributed by atoms with Crippen LogP contribution in [0.4, 0.5) is 13.2 Å². The summed E-state index contributed by atoms with van der Waals surface area (Å²) in [5.41, 5.74) is -0.200. The van der Waals surface area contributed by atoms with Crippen molar-refractivity contribution < 1.29 is 27.5 Å². The first kappa shape index (κ1) is 20.4. The number of esters is 1. The second-order valence-corrected chi connectivity index (χ2v) is 6.48. The quantitative estimate of drug-likeness (QED) is 0.646. The van der Waals surface area contributed by atoms with Crippen LogP contribution in [-0.4, -0.2) is 25.0 Å². The van der Waals surface area contributed by atoms with Gasteiger partial charge in [-0.3, -0.25) is 4.79 Å². The van der Waals surface area contributed by atoms with Crippen molar-refractivity contribution in [2.75, 3.05) is 7.11 Å². The van der Waals surface area contributed by atoms with Crippen LogP contribution in [0.1, 0.15) is 21.5 Å². The predicted octanol–water partition coefficient (Wildman–Crippen LogP) is 4.37. The summed E-state index contributed by atoms with van der Waals surface area (Å²) in [6.07, 6.45) is -4.63. The van der Waals surface area contributed by atoms with Crippen LogP contribution < -0.4 is 5.32 Å². The van der Waals surface area contributed by atoms with Crippen molar-refractivity contribution in [2.24, 2.45) is 0 Å². The van der Waals surface area contributed by atoms with Gasteiger partial charge in [-0.2, -0.15) is 13.2 Å². The van der Waals surface area contributed by atoms with E-state index in [0.717, 1.165) is 24.6 Å². The second kappa shape index (κ2) is 8.34. The molecule has 3 aromatic carbocycles. The number of halogens is 3. The van der Waals surface area contributed by atoms with E-state index in [1.165, 1.54) is 12.1 Å². The molecule has 3 rings (SSSR count). The lowest BCUT2D eigenvalue weighted by molar-refractivity contribution is -0.142. The van der Waals surface area contributed by atoms with E-state index in [1.54, 1.807) is 24.3 Å². The molecule has 0 saturated carbocycles. The van der Waals surface area contributed by atoms with Crippen LogP contribution in [-0.2, 0) is 22.1 Å². The number of benzene rings is 3. The molecule has 150 valence electrons. The number of methoxy groups -OCH3 is 1. The van der Waals surface area contributed by atoms with Gasteiger partial charge in [-0.05, 0) is 28.5 Å². The highest BCUT2D eigenvalue weighted by atomic mass is 19.4. The number of rotatable bonds is 5. The van der Waals surface area contributed by atoms with E-state index in [4.69, 9.17) is 4.74 Å². The summed E-state index contributed by atoms with van der Waals surface area (Å²) in [4.78, 5) is 25.0. The maximum absolute atomic E-state index is 12.9. The minimum atomic E-state index is -4.50. The number of carbonyl (C=O) groups excluding carboxylic acids is 2. The Morgan fingerprint density at radius 3 is 2.41 bits per heavy atom. The second-order valence-electron chi connectivity index (χ2n) is 6.48. The van der Waals surface area contributed by atoms with Gasteiger partial charge in [0.05, 0.1) is 12.7 Å². The van der Waals surface area contributed by atoms with Gasteiger partial charge in [0.1, 0.15) is 6.04 Å². The number of hydrogen-bond donors (Lipinski definition) is 1. The fourth-order valence-electron chi connectivity index (χ4n) is 3.11. The molecule has 4 nitrogen and oxygen atoms in total. The summed E-state index contributed by atoms with van der Waals surface area (Å²) < 4.78 is 43.6. The summed E-state index contributed by atoms with van der Waals surface area (Å²) in [5.74, 6) is -1.25. The van der Waals surface area contributed by atoms with Gasteiger partial charge in [-0.15, -0.1) is 0 Å². The summed E-state index contributed by atoms with van der Waals surface area (Å²) in [7, 11) is 1.16. The molecule has 0 radical (unpaired) electrons. The van der Waals surface area contributed by atoms with Gasteiger partial charge >= 0.3 is 12.1 Å². The number of nitrogens with one attached hydrogen (secondary N) is 1. The fraction of sp³-hybridized carbons (Fsp3) is 0.182. The van der Waals surface area contributed by atoms with Gasteiger partial charge < -0.3 is 10.1 Å². The lowest BCUT2D eigenvalue weighted by Crippen LogP contribution is -2.43. The molecule has 0 bridgehead atoms. The molecule has 0 unspecified atom stereocenters. The van der Waals surface area contributed by atoms with Gasteiger partial charge in [0.15, 0.2) is 0 Å². The Morgan fingerprint density at radius 1 is 1.00 bits per heavy atom. The molecular formula is C22H18F3NO3. The van der Waals surface area contributed by atoms with E-state index < -0.39 is 29.7 Å². The van der Waals surface area contributed by atoms with Crippen molar-refractivity contribution >= 4 is 22.6 Å². The molecule has 0 saturated heterocycles. The maximum Gasteiger partial charge on any atom is 0.416 e. The molecule has 29 heavy (non-hydrogen) atoms. The Morgan fingerprint density at radius 2 is 1.69 bits per heavy atom. The Bertz CT molecular complexity index is 1040. The average Bonchev–Trinajstić information content (AvgIpc) is 2.71. The SMILES string of the molecule is COC(=O)[C@@H](Cc1cccc(C(F)(F)F)c1)NC(=O)c1cccc2ccccc12. The zero-order valence-corrected chi connectivity index (χ0v) is 15.5. The third-order valence-corrected chi connectivity index (χ3v) is 4.52. The van der Waals surface area contributed by atoms with Crippen molar-refractivity contribution in [3.8, 4) is 0 Å². The average molecular weight is 401 g/mol. The third-order valence-electron chi connectivity index (χ3n) is 4.52. The number of amides is 1. The van der Waals surface area contributed by atoms with Crippen LogP contribution >= 0.6 is 0 Å². The molecule has 0 aliphatic rings. The van der Waals surface area contributed by atoms with Gasteiger partial charge in [0.25, 0.3) is 5.91 Å². The van der Waals surface area contributed by atoms with Crippen molar-refractivity contribution in [1.29, 1.82) is 0 Å². The minimum Gasteiger partial charge on any atom is -0.467 e. The summed E-state index contributed by atoms with van der Waals surface area (Å²) in [6, 6.07) is 16.0. The van der Waals surface area contributed by atoms with Crippen LogP contribution in [0, 0.1) is 0 Å². The van der Waals surface area contributed by atoms with Gasteiger partial charge in [0.2, 0.25) is 0 Å². The van der Waals surface area contributed by atoms with Crippen LogP contribution in [0.5, 0.6) is 0 Å². The Hall–Kier alpha value is -3.35. The molecule has 1 N–H and O–H groups in total. The summed E-state index contributed by atoms with van der Waals surface area (Å²) in [6.45, 7) is 0. The van der Waals surface area contributed by atoms with Crippen LogP contribution in [0.25, 0.3) is 10.8 Å². The molecule has 0 heterocycles.